The summed E-state index contributed by atoms with van der Waals surface area (Å²) in [5, 5.41) is 5.61. The van der Waals surface area contributed by atoms with Gasteiger partial charge in [-0.05, 0) is 24.8 Å². The summed E-state index contributed by atoms with van der Waals surface area (Å²) in [5.74, 6) is 0.106. The second kappa shape index (κ2) is 7.35. The molecule has 1 saturated carbocycles. The first kappa shape index (κ1) is 18.2. The molecule has 1 saturated heterocycles. The maximum atomic E-state index is 12.9. The van der Waals surface area contributed by atoms with Crippen molar-refractivity contribution < 1.29 is 19.1 Å². The van der Waals surface area contributed by atoms with Gasteiger partial charge >= 0.3 is 6.03 Å². The molecular formula is C19H25N3O4. The van der Waals surface area contributed by atoms with Crippen LogP contribution in [0.25, 0.3) is 0 Å². The Hall–Kier alpha value is -2.57. The fourth-order valence-electron chi connectivity index (χ4n) is 3.88. The predicted molar refractivity (Wildman–Crippen MR) is 95.4 cm³/mol. The van der Waals surface area contributed by atoms with Crippen molar-refractivity contribution in [3.63, 3.8) is 0 Å². The van der Waals surface area contributed by atoms with E-state index >= 15 is 0 Å². The van der Waals surface area contributed by atoms with E-state index < -0.39 is 11.6 Å². The van der Waals surface area contributed by atoms with Crippen molar-refractivity contribution in [1.29, 1.82) is 0 Å². The van der Waals surface area contributed by atoms with Crippen molar-refractivity contribution in [2.24, 2.45) is 5.92 Å². The molecule has 7 heteroatoms. The number of nitrogens with one attached hydrogen (secondary N) is 2. The summed E-state index contributed by atoms with van der Waals surface area (Å²) in [6, 6.07) is 6.90. The lowest BCUT2D eigenvalue weighted by atomic mass is 9.73. The van der Waals surface area contributed by atoms with Crippen LogP contribution in [0, 0.1) is 5.92 Å². The Balaban J connectivity index is 1.62. The number of urea groups is 1. The highest BCUT2D eigenvalue weighted by Gasteiger charge is 2.55. The molecule has 2 unspecified atom stereocenters. The highest BCUT2D eigenvalue weighted by molar-refractivity contribution is 6.09. The van der Waals surface area contributed by atoms with Crippen molar-refractivity contribution in [3.8, 4) is 5.75 Å². The summed E-state index contributed by atoms with van der Waals surface area (Å²) in [5.41, 5.74) is -0.00365. The first-order valence-corrected chi connectivity index (χ1v) is 9.00. The lowest BCUT2D eigenvalue weighted by Gasteiger charge is -2.36. The zero-order valence-corrected chi connectivity index (χ0v) is 15.2. The van der Waals surface area contributed by atoms with Gasteiger partial charge in [0.25, 0.3) is 5.91 Å². The Labute approximate surface area is 153 Å². The number of hydrogen-bond donors (Lipinski definition) is 2. The predicted octanol–water partition coefficient (Wildman–Crippen LogP) is 1.81. The number of carbonyl (C=O) groups is 3. The van der Waals surface area contributed by atoms with E-state index in [-0.39, 0.29) is 30.8 Å². The van der Waals surface area contributed by atoms with Gasteiger partial charge in [0.15, 0.2) is 0 Å². The van der Waals surface area contributed by atoms with Crippen LogP contribution >= 0.6 is 0 Å². The second-order valence-electron chi connectivity index (χ2n) is 7.03. The highest BCUT2D eigenvalue weighted by Crippen LogP contribution is 2.38. The third kappa shape index (κ3) is 3.25. The molecule has 1 aromatic carbocycles. The van der Waals surface area contributed by atoms with Crippen LogP contribution in [-0.4, -0.2) is 41.9 Å². The number of ether oxygens (including phenoxy) is 1. The van der Waals surface area contributed by atoms with Gasteiger partial charge in [0.1, 0.15) is 17.8 Å². The Kier molecular flexibility index (Phi) is 5.15. The SMILES string of the molecule is COc1ccccc1CNC(=O)CN1C(=O)NC2(CCCCC2C)C1=O. The number of hydrogen-bond acceptors (Lipinski definition) is 4. The van der Waals surface area contributed by atoms with E-state index in [0.29, 0.717) is 12.2 Å². The molecule has 3 rings (SSSR count). The second-order valence-corrected chi connectivity index (χ2v) is 7.03. The fraction of sp³-hybridized carbons (Fsp3) is 0.526. The number of amides is 4. The molecular weight excluding hydrogens is 334 g/mol. The van der Waals surface area contributed by atoms with E-state index in [0.717, 1.165) is 29.7 Å². The van der Waals surface area contributed by atoms with Crippen LogP contribution in [0.5, 0.6) is 5.75 Å². The van der Waals surface area contributed by atoms with E-state index in [4.69, 9.17) is 4.74 Å². The van der Waals surface area contributed by atoms with E-state index in [2.05, 4.69) is 10.6 Å². The first-order valence-electron chi connectivity index (χ1n) is 9.00. The summed E-state index contributed by atoms with van der Waals surface area (Å²) in [6.07, 6.45) is 3.51. The van der Waals surface area contributed by atoms with Crippen LogP contribution in [0.1, 0.15) is 38.2 Å². The number of para-hydroxylation sites is 1. The van der Waals surface area contributed by atoms with Crippen molar-refractivity contribution in [3.05, 3.63) is 29.8 Å². The highest BCUT2D eigenvalue weighted by atomic mass is 16.5. The topological polar surface area (TPSA) is 87.7 Å². The van der Waals surface area contributed by atoms with Crippen LogP contribution in [0.4, 0.5) is 4.79 Å². The molecule has 0 aromatic heterocycles. The van der Waals surface area contributed by atoms with Crippen LogP contribution < -0.4 is 15.4 Å². The number of benzene rings is 1. The summed E-state index contributed by atoms with van der Waals surface area (Å²) >= 11 is 0. The lowest BCUT2D eigenvalue weighted by molar-refractivity contribution is -0.137. The number of nitrogens with zero attached hydrogens (tertiary/aromatic N) is 1. The number of carbonyl (C=O) groups excluding carboxylic acids is 3. The van der Waals surface area contributed by atoms with Gasteiger partial charge in [-0.2, -0.15) is 0 Å². The summed E-state index contributed by atoms with van der Waals surface area (Å²) < 4.78 is 5.25. The molecule has 1 spiro atoms. The molecule has 2 aliphatic rings. The van der Waals surface area contributed by atoms with Crippen molar-refractivity contribution in [2.45, 2.75) is 44.7 Å². The molecule has 2 fully saturated rings. The fourth-order valence-corrected chi connectivity index (χ4v) is 3.88. The third-order valence-electron chi connectivity index (χ3n) is 5.47. The standard InChI is InChI=1S/C19H25N3O4/c1-13-7-5-6-10-19(13)17(24)22(18(25)21-19)12-16(23)20-11-14-8-3-4-9-15(14)26-2/h3-4,8-9,13H,5-7,10-12H2,1-2H3,(H,20,23)(H,21,25). The Morgan fingerprint density at radius 3 is 2.85 bits per heavy atom. The minimum Gasteiger partial charge on any atom is -0.496 e. The van der Waals surface area contributed by atoms with Gasteiger partial charge in [-0.1, -0.05) is 38.0 Å². The number of rotatable bonds is 5. The van der Waals surface area contributed by atoms with Crippen LogP contribution in [0.15, 0.2) is 24.3 Å². The molecule has 1 heterocycles. The van der Waals surface area contributed by atoms with Gasteiger partial charge in [-0.15, -0.1) is 0 Å². The molecule has 1 aliphatic carbocycles. The minimum atomic E-state index is -0.835. The Morgan fingerprint density at radius 1 is 1.35 bits per heavy atom. The van der Waals surface area contributed by atoms with Crippen LogP contribution in [0.2, 0.25) is 0 Å². The van der Waals surface area contributed by atoms with Gasteiger partial charge in [0, 0.05) is 12.1 Å². The maximum absolute atomic E-state index is 12.9. The molecule has 4 amide bonds. The van der Waals surface area contributed by atoms with Crippen molar-refractivity contribution >= 4 is 17.8 Å². The zero-order chi connectivity index (χ0) is 18.7. The van der Waals surface area contributed by atoms with E-state index in [1.54, 1.807) is 7.11 Å². The van der Waals surface area contributed by atoms with Gasteiger partial charge in [-0.25, -0.2) is 4.79 Å². The van der Waals surface area contributed by atoms with E-state index in [1.807, 2.05) is 31.2 Å². The zero-order valence-electron chi connectivity index (χ0n) is 15.2. The smallest absolute Gasteiger partial charge is 0.325 e. The van der Waals surface area contributed by atoms with Crippen LogP contribution in [-0.2, 0) is 16.1 Å². The van der Waals surface area contributed by atoms with Gasteiger partial charge in [0.05, 0.1) is 7.11 Å². The Morgan fingerprint density at radius 2 is 2.12 bits per heavy atom. The largest absolute Gasteiger partial charge is 0.496 e. The molecule has 0 bridgehead atoms. The molecule has 2 N–H and O–H groups in total. The third-order valence-corrected chi connectivity index (χ3v) is 5.47. The maximum Gasteiger partial charge on any atom is 0.325 e. The lowest BCUT2D eigenvalue weighted by Crippen LogP contribution is -2.54. The Bertz CT molecular complexity index is 720. The average molecular weight is 359 g/mol. The first-order chi connectivity index (χ1) is 12.5. The number of imide groups is 1. The molecule has 2 atom stereocenters. The molecule has 7 nitrogen and oxygen atoms in total. The molecule has 140 valence electrons. The van der Waals surface area contributed by atoms with Gasteiger partial charge < -0.3 is 15.4 Å². The average Bonchev–Trinajstić information content (AvgIpc) is 2.87. The summed E-state index contributed by atoms with van der Waals surface area (Å²) in [4.78, 5) is 38.5. The van der Waals surface area contributed by atoms with E-state index in [1.165, 1.54) is 0 Å². The molecule has 1 aromatic rings. The molecule has 0 radical (unpaired) electrons. The normalized spacial score (nSPS) is 25.3. The molecule has 1 aliphatic heterocycles. The van der Waals surface area contributed by atoms with Crippen molar-refractivity contribution in [1.82, 2.24) is 15.5 Å². The monoisotopic (exact) mass is 359 g/mol. The van der Waals surface area contributed by atoms with E-state index in [9.17, 15) is 14.4 Å². The summed E-state index contributed by atoms with van der Waals surface area (Å²) in [7, 11) is 1.57. The quantitative estimate of drug-likeness (QED) is 0.785. The summed E-state index contributed by atoms with van der Waals surface area (Å²) in [6.45, 7) is 1.99. The van der Waals surface area contributed by atoms with Crippen LogP contribution in [0.3, 0.4) is 0 Å². The molecule has 26 heavy (non-hydrogen) atoms. The minimum absolute atomic E-state index is 0.0781. The van der Waals surface area contributed by atoms with Gasteiger partial charge in [0.2, 0.25) is 5.91 Å². The van der Waals surface area contributed by atoms with Gasteiger partial charge in [-0.3, -0.25) is 14.5 Å². The number of methoxy groups -OCH3 is 1. The van der Waals surface area contributed by atoms with Crippen molar-refractivity contribution in [2.75, 3.05) is 13.7 Å².